The minimum absolute atomic E-state index is 0.0432. The summed E-state index contributed by atoms with van der Waals surface area (Å²) in [5.74, 6) is -1.03. The Balaban J connectivity index is 4.98. The second-order valence-corrected chi connectivity index (χ2v) is 6.17. The van der Waals surface area contributed by atoms with Crippen LogP contribution in [0.15, 0.2) is 0 Å². The van der Waals surface area contributed by atoms with E-state index in [4.69, 9.17) is 18.9 Å². The van der Waals surface area contributed by atoms with E-state index in [1.807, 2.05) is 20.8 Å². The molecule has 0 spiro atoms. The average molecular weight is 360 g/mol. The molecule has 0 aromatic heterocycles. The molecule has 0 aliphatic carbocycles. The Hall–Kier alpha value is -1.63. The van der Waals surface area contributed by atoms with Crippen molar-refractivity contribution in [3.63, 3.8) is 0 Å². The molecule has 0 aromatic carbocycles. The zero-order valence-electron chi connectivity index (χ0n) is 15.9. The third-order valence-electron chi connectivity index (χ3n) is 3.43. The molecule has 146 valence electrons. The number of hydrogen-bond donors (Lipinski definition) is 0. The Kier molecular flexibility index (Phi) is 12.7. The Morgan fingerprint density at radius 2 is 0.960 bits per heavy atom. The van der Waals surface area contributed by atoms with Crippen LogP contribution in [-0.2, 0) is 33.3 Å². The quantitative estimate of drug-likeness (QED) is 0.347. The van der Waals surface area contributed by atoms with E-state index in [1.54, 1.807) is 0 Å². The molecule has 0 radical (unpaired) electrons. The van der Waals surface area contributed by atoms with Crippen LogP contribution in [0.5, 0.6) is 0 Å². The fraction of sp³-hybridized carbons (Fsp3) is 0.833. The molecule has 0 aromatic rings. The summed E-state index contributed by atoms with van der Waals surface area (Å²) in [6.45, 7) is 5.63. The van der Waals surface area contributed by atoms with Gasteiger partial charge in [0.1, 0.15) is 19.8 Å². The maximum Gasteiger partial charge on any atom is 0.305 e. The maximum atomic E-state index is 11.7. The van der Waals surface area contributed by atoms with E-state index in [2.05, 4.69) is 0 Å². The molecule has 0 aliphatic rings. The number of carbonyl (C=O) groups excluding carboxylic acids is 3. The van der Waals surface area contributed by atoms with Gasteiger partial charge in [0.2, 0.25) is 0 Å². The fourth-order valence-electron chi connectivity index (χ4n) is 2.09. The van der Waals surface area contributed by atoms with Gasteiger partial charge in [-0.2, -0.15) is 0 Å². The summed E-state index contributed by atoms with van der Waals surface area (Å²) in [6, 6.07) is 0. The molecule has 0 fully saturated rings. The highest BCUT2D eigenvalue weighted by molar-refractivity contribution is 5.70. The summed E-state index contributed by atoms with van der Waals surface area (Å²) in [5, 5.41) is 0. The Morgan fingerprint density at radius 1 is 0.640 bits per heavy atom. The molecule has 0 saturated carbocycles. The van der Waals surface area contributed by atoms with Crippen LogP contribution in [0.3, 0.4) is 0 Å². The molecule has 0 aliphatic heterocycles. The van der Waals surface area contributed by atoms with Crippen molar-refractivity contribution in [2.24, 2.45) is 5.41 Å². The third-order valence-corrected chi connectivity index (χ3v) is 3.43. The summed E-state index contributed by atoms with van der Waals surface area (Å²) in [4.78, 5) is 35.1. The number of hydrogen-bond acceptors (Lipinski definition) is 7. The predicted molar refractivity (Wildman–Crippen MR) is 91.9 cm³/mol. The second kappa shape index (κ2) is 13.6. The number of carbonyl (C=O) groups is 3. The molecule has 0 rings (SSSR count). The smallest absolute Gasteiger partial charge is 0.305 e. The first-order valence-corrected chi connectivity index (χ1v) is 8.88. The van der Waals surface area contributed by atoms with Crippen LogP contribution in [0.1, 0.15) is 59.3 Å². The van der Waals surface area contributed by atoms with Crippen molar-refractivity contribution in [3.8, 4) is 0 Å². The topological polar surface area (TPSA) is 88.1 Å². The van der Waals surface area contributed by atoms with Gasteiger partial charge in [0, 0.05) is 26.4 Å². The molecular weight excluding hydrogens is 328 g/mol. The van der Waals surface area contributed by atoms with Crippen LogP contribution < -0.4 is 0 Å². The van der Waals surface area contributed by atoms with E-state index in [0.717, 1.165) is 0 Å². The maximum absolute atomic E-state index is 11.7. The van der Waals surface area contributed by atoms with Crippen molar-refractivity contribution >= 4 is 17.9 Å². The molecule has 0 saturated heterocycles. The van der Waals surface area contributed by atoms with Crippen molar-refractivity contribution in [1.82, 2.24) is 0 Å². The summed E-state index contributed by atoms with van der Waals surface area (Å²) in [7, 11) is 1.49. The lowest BCUT2D eigenvalue weighted by Gasteiger charge is -2.31. The number of methoxy groups -OCH3 is 1. The summed E-state index contributed by atoms with van der Waals surface area (Å²) >= 11 is 0. The van der Waals surface area contributed by atoms with Crippen LogP contribution in [0.2, 0.25) is 0 Å². The van der Waals surface area contributed by atoms with Crippen LogP contribution in [0.25, 0.3) is 0 Å². The van der Waals surface area contributed by atoms with Gasteiger partial charge >= 0.3 is 17.9 Å². The molecular formula is C18H32O7. The molecule has 0 heterocycles. The van der Waals surface area contributed by atoms with Gasteiger partial charge in [-0.25, -0.2) is 0 Å². The van der Waals surface area contributed by atoms with E-state index >= 15 is 0 Å². The lowest BCUT2D eigenvalue weighted by atomic mass is 9.92. The minimum Gasteiger partial charge on any atom is -0.465 e. The van der Waals surface area contributed by atoms with Gasteiger partial charge in [0.05, 0.1) is 12.0 Å². The van der Waals surface area contributed by atoms with Crippen molar-refractivity contribution in [2.45, 2.75) is 59.3 Å². The Labute approximate surface area is 150 Å². The van der Waals surface area contributed by atoms with E-state index in [1.165, 1.54) is 7.11 Å². The first-order chi connectivity index (χ1) is 11.9. The molecule has 0 unspecified atom stereocenters. The van der Waals surface area contributed by atoms with Crippen LogP contribution in [-0.4, -0.2) is 51.4 Å². The first kappa shape index (κ1) is 23.4. The van der Waals surface area contributed by atoms with Gasteiger partial charge in [-0.3, -0.25) is 14.4 Å². The normalized spacial score (nSPS) is 11.0. The largest absolute Gasteiger partial charge is 0.465 e. The highest BCUT2D eigenvalue weighted by Crippen LogP contribution is 2.22. The molecule has 0 atom stereocenters. The summed E-state index contributed by atoms with van der Waals surface area (Å²) < 4.78 is 21.1. The van der Waals surface area contributed by atoms with Gasteiger partial charge < -0.3 is 18.9 Å². The standard InChI is InChI=1S/C18H32O7/c1-5-8-15(19)23-12-18(11-22-4,13-24-16(20)9-6-2)14-25-17(21)10-7-3/h5-14H2,1-4H3. The molecule has 7 nitrogen and oxygen atoms in total. The first-order valence-electron chi connectivity index (χ1n) is 8.88. The predicted octanol–water partition coefficient (Wildman–Crippen LogP) is 2.65. The number of ether oxygens (including phenoxy) is 4. The van der Waals surface area contributed by atoms with Gasteiger partial charge in [-0.15, -0.1) is 0 Å². The van der Waals surface area contributed by atoms with Crippen molar-refractivity contribution < 1.29 is 33.3 Å². The van der Waals surface area contributed by atoms with Gasteiger partial charge in [0.15, 0.2) is 0 Å². The van der Waals surface area contributed by atoms with Crippen LogP contribution in [0.4, 0.5) is 0 Å². The molecule has 0 bridgehead atoms. The van der Waals surface area contributed by atoms with Crippen LogP contribution in [0, 0.1) is 5.41 Å². The van der Waals surface area contributed by atoms with E-state index in [0.29, 0.717) is 38.5 Å². The van der Waals surface area contributed by atoms with Crippen LogP contribution >= 0.6 is 0 Å². The molecule has 0 amide bonds. The zero-order valence-corrected chi connectivity index (χ0v) is 15.9. The van der Waals surface area contributed by atoms with E-state index < -0.39 is 5.41 Å². The van der Waals surface area contributed by atoms with E-state index in [9.17, 15) is 14.4 Å². The van der Waals surface area contributed by atoms with Crippen molar-refractivity contribution in [2.75, 3.05) is 33.5 Å². The minimum atomic E-state index is -0.912. The van der Waals surface area contributed by atoms with Crippen molar-refractivity contribution in [1.29, 1.82) is 0 Å². The average Bonchev–Trinajstić information content (AvgIpc) is 2.57. The van der Waals surface area contributed by atoms with Gasteiger partial charge in [-0.05, 0) is 19.3 Å². The highest BCUT2D eigenvalue weighted by Gasteiger charge is 2.36. The fourth-order valence-corrected chi connectivity index (χ4v) is 2.09. The van der Waals surface area contributed by atoms with Gasteiger partial charge in [-0.1, -0.05) is 20.8 Å². The number of rotatable bonds is 14. The van der Waals surface area contributed by atoms with E-state index in [-0.39, 0.29) is 44.3 Å². The highest BCUT2D eigenvalue weighted by atomic mass is 16.6. The van der Waals surface area contributed by atoms with Crippen molar-refractivity contribution in [3.05, 3.63) is 0 Å². The molecule has 25 heavy (non-hydrogen) atoms. The molecule has 7 heteroatoms. The Bertz CT molecular complexity index is 351. The van der Waals surface area contributed by atoms with Gasteiger partial charge in [0.25, 0.3) is 0 Å². The third kappa shape index (κ3) is 10.8. The lowest BCUT2D eigenvalue weighted by Crippen LogP contribution is -2.43. The monoisotopic (exact) mass is 360 g/mol. The summed E-state index contributed by atoms with van der Waals surface area (Å²) in [6.07, 6.45) is 2.92. The second-order valence-electron chi connectivity index (χ2n) is 6.17. The SMILES string of the molecule is CCCC(=O)OCC(COC)(COC(=O)CCC)COC(=O)CCC. The lowest BCUT2D eigenvalue weighted by molar-refractivity contribution is -0.166. The zero-order chi connectivity index (χ0) is 19.1. The summed E-state index contributed by atoms with van der Waals surface area (Å²) in [5.41, 5.74) is -0.912. The molecule has 0 N–H and O–H groups in total. The number of esters is 3. The Morgan fingerprint density at radius 3 is 1.20 bits per heavy atom.